The molecule has 1 aromatic rings. The van der Waals surface area contributed by atoms with Gasteiger partial charge in [0.1, 0.15) is 36.0 Å². The molecule has 6 atom stereocenters. The molecular weight excluding hydrogens is 680 g/mol. The minimum Gasteiger partial charge on any atom is -0.508 e. The molecule has 0 unspecified atom stereocenters. The minimum absolute atomic E-state index is 0.00853. The van der Waals surface area contributed by atoms with Crippen LogP contribution in [0.3, 0.4) is 0 Å². The van der Waals surface area contributed by atoms with Gasteiger partial charge in [0, 0.05) is 18.7 Å². The van der Waals surface area contributed by atoms with E-state index in [1.807, 2.05) is 0 Å². The van der Waals surface area contributed by atoms with Crippen LogP contribution in [0, 0.1) is 0 Å². The number of aromatic hydroxyl groups is 1. The molecule has 0 aromatic heterocycles. The number of phenolic OH excluding ortho intramolecular Hbond substituents is 1. The molecule has 0 heterocycles. The Hall–Kier alpha value is -4.70. The molecule has 0 aliphatic rings. The van der Waals surface area contributed by atoms with Gasteiger partial charge in [0.05, 0.1) is 12.6 Å². The zero-order chi connectivity index (χ0) is 37.8. The highest BCUT2D eigenvalue weighted by Gasteiger charge is 2.32. The first kappa shape index (κ1) is 43.3. The van der Waals surface area contributed by atoms with Crippen molar-refractivity contribution in [1.82, 2.24) is 31.9 Å². The summed E-state index contributed by atoms with van der Waals surface area (Å²) in [5, 5.41) is 43.1. The molecular formula is C29H48N10O10S. The molecule has 7 amide bonds. The van der Waals surface area contributed by atoms with Crippen LogP contribution in [0.2, 0.25) is 0 Å². The molecule has 0 fully saturated rings. The Morgan fingerprint density at radius 1 is 0.700 bits per heavy atom. The molecule has 0 saturated carbocycles. The van der Waals surface area contributed by atoms with E-state index in [9.17, 15) is 48.9 Å². The number of aliphatic hydroxyl groups is 1. The van der Waals surface area contributed by atoms with Gasteiger partial charge in [-0.2, -0.15) is 12.6 Å². The fraction of sp³-hybridized carbons (Fsp3) is 0.552. The average molecular weight is 729 g/mol. The van der Waals surface area contributed by atoms with Crippen molar-refractivity contribution >= 4 is 54.2 Å². The molecule has 0 aliphatic heterocycles. The number of phenols is 1. The number of rotatable bonds is 23. The van der Waals surface area contributed by atoms with Crippen molar-refractivity contribution in [2.24, 2.45) is 22.9 Å². The number of nitrogens with two attached hydrogens (primary N) is 4. The quantitative estimate of drug-likeness (QED) is 0.0371. The number of hydrogen-bond donors (Lipinski definition) is 14. The number of amides is 7. The number of carboxylic acid groups (broad SMARTS) is 1. The number of benzene rings is 1. The molecule has 20 nitrogen and oxygen atoms in total. The first-order valence-electron chi connectivity index (χ1n) is 15.6. The number of carbonyl (C=O) groups is 7. The Morgan fingerprint density at radius 2 is 1.18 bits per heavy atom. The molecule has 0 saturated heterocycles. The van der Waals surface area contributed by atoms with Crippen molar-refractivity contribution in [2.75, 3.05) is 32.0 Å². The first-order chi connectivity index (χ1) is 23.7. The van der Waals surface area contributed by atoms with E-state index in [-0.39, 0.29) is 63.2 Å². The summed E-state index contributed by atoms with van der Waals surface area (Å²) in [5.41, 5.74) is 22.4. The van der Waals surface area contributed by atoms with Crippen LogP contribution in [-0.2, 0) is 35.2 Å². The van der Waals surface area contributed by atoms with Gasteiger partial charge in [0.15, 0.2) is 0 Å². The maximum atomic E-state index is 13.2. The van der Waals surface area contributed by atoms with Gasteiger partial charge >= 0.3 is 12.0 Å². The molecule has 280 valence electrons. The van der Waals surface area contributed by atoms with Crippen LogP contribution in [0.5, 0.6) is 5.75 Å². The Morgan fingerprint density at radius 3 is 1.70 bits per heavy atom. The van der Waals surface area contributed by atoms with Crippen LogP contribution in [0.1, 0.15) is 31.2 Å². The summed E-state index contributed by atoms with van der Waals surface area (Å²) < 4.78 is 0. The number of carboxylic acids is 1. The maximum Gasteiger partial charge on any atom is 0.326 e. The zero-order valence-corrected chi connectivity index (χ0v) is 28.2. The lowest BCUT2D eigenvalue weighted by Crippen LogP contribution is -2.60. The fourth-order valence-electron chi connectivity index (χ4n) is 4.36. The Labute approximate surface area is 293 Å². The topological polar surface area (TPSA) is 356 Å². The van der Waals surface area contributed by atoms with Gasteiger partial charge in [0.25, 0.3) is 0 Å². The van der Waals surface area contributed by atoms with Gasteiger partial charge in [-0.25, -0.2) is 9.59 Å². The molecule has 0 bridgehead atoms. The third kappa shape index (κ3) is 15.7. The standard InChI is InChI=1S/C29H48N10O10S/c30-9-7-17(32)23(42)35-18(2-1-11-34-29(33)49)24(43)39-22(14-50)27(46)36-19(8-10-31)25(44)38-21(13-40)26(45)37-20(28(47)48)12-15-3-5-16(41)6-4-15/h3-6,17-22,40-41,50H,1-2,7-14,30-32H2,(H,35,42)(H,36,46)(H,37,45)(H,38,44)(H,39,43)(H,47,48)(H3,33,34,49)/t17-,18-,19-,20-,21-,22-/m0/s1. The van der Waals surface area contributed by atoms with E-state index >= 15 is 0 Å². The van der Waals surface area contributed by atoms with E-state index in [4.69, 9.17) is 22.9 Å². The summed E-state index contributed by atoms with van der Waals surface area (Å²) in [4.78, 5) is 87.7. The summed E-state index contributed by atoms with van der Waals surface area (Å²) in [5.74, 6) is -6.05. The SMILES string of the molecule is NCC[C@H](NC(=O)[C@H](CS)NC(=O)[C@H](CCCNC(N)=O)NC(=O)[C@@H](N)CCN)C(=O)N[C@@H](CO)C(=O)N[C@@H](Cc1ccc(O)cc1)C(=O)O. The van der Waals surface area contributed by atoms with Crippen molar-refractivity contribution in [1.29, 1.82) is 0 Å². The van der Waals surface area contributed by atoms with Crippen LogP contribution in [0.15, 0.2) is 24.3 Å². The van der Waals surface area contributed by atoms with E-state index in [0.29, 0.717) is 5.56 Å². The van der Waals surface area contributed by atoms with Gasteiger partial charge in [-0.1, -0.05) is 12.1 Å². The lowest BCUT2D eigenvalue weighted by atomic mass is 10.1. The number of aliphatic carboxylic acids is 1. The number of aliphatic hydroxyl groups excluding tert-OH is 1. The van der Waals surface area contributed by atoms with Crippen LogP contribution < -0.4 is 54.8 Å². The highest BCUT2D eigenvalue weighted by atomic mass is 32.1. The maximum absolute atomic E-state index is 13.2. The molecule has 0 spiro atoms. The predicted octanol–water partition coefficient (Wildman–Crippen LogP) is -5.16. The van der Waals surface area contributed by atoms with Crippen LogP contribution in [0.4, 0.5) is 4.79 Å². The third-order valence-electron chi connectivity index (χ3n) is 7.13. The molecule has 21 heteroatoms. The lowest BCUT2D eigenvalue weighted by Gasteiger charge is -2.26. The second-order valence-corrected chi connectivity index (χ2v) is 11.4. The summed E-state index contributed by atoms with van der Waals surface area (Å²) in [6, 6.07) is -3.20. The van der Waals surface area contributed by atoms with E-state index in [1.54, 1.807) is 0 Å². The molecule has 17 N–H and O–H groups in total. The molecule has 1 aromatic carbocycles. The Bertz CT molecular complexity index is 1310. The third-order valence-corrected chi connectivity index (χ3v) is 7.49. The highest BCUT2D eigenvalue weighted by Crippen LogP contribution is 2.12. The molecule has 50 heavy (non-hydrogen) atoms. The van der Waals surface area contributed by atoms with Crippen molar-refractivity contribution in [2.45, 2.75) is 68.4 Å². The number of urea groups is 1. The van der Waals surface area contributed by atoms with Crippen molar-refractivity contribution < 1.29 is 48.9 Å². The Balaban J connectivity index is 2.98. The fourth-order valence-corrected chi connectivity index (χ4v) is 4.61. The zero-order valence-electron chi connectivity index (χ0n) is 27.3. The summed E-state index contributed by atoms with van der Waals surface area (Å²) >= 11 is 4.12. The molecule has 0 aliphatic carbocycles. The smallest absolute Gasteiger partial charge is 0.326 e. The predicted molar refractivity (Wildman–Crippen MR) is 182 cm³/mol. The second kappa shape index (κ2) is 22.8. The Kier molecular flexibility index (Phi) is 19.8. The summed E-state index contributed by atoms with van der Waals surface area (Å²) in [6.07, 6.45) is 0.0236. The van der Waals surface area contributed by atoms with E-state index in [1.165, 1.54) is 24.3 Å². The minimum atomic E-state index is -1.62. The normalized spacial score (nSPS) is 14.4. The molecule has 0 radical (unpaired) electrons. The summed E-state index contributed by atoms with van der Waals surface area (Å²) in [7, 11) is 0. The van der Waals surface area contributed by atoms with Gasteiger partial charge in [0.2, 0.25) is 29.5 Å². The van der Waals surface area contributed by atoms with E-state index in [2.05, 4.69) is 44.5 Å². The second-order valence-electron chi connectivity index (χ2n) is 11.1. The average Bonchev–Trinajstić information content (AvgIpc) is 3.07. The number of thiol groups is 1. The van der Waals surface area contributed by atoms with Crippen LogP contribution in [0.25, 0.3) is 0 Å². The van der Waals surface area contributed by atoms with Gasteiger partial charge in [-0.15, -0.1) is 0 Å². The van der Waals surface area contributed by atoms with Crippen molar-refractivity contribution in [3.8, 4) is 5.75 Å². The van der Waals surface area contributed by atoms with E-state index in [0.717, 1.165) is 0 Å². The number of nitrogens with one attached hydrogen (secondary N) is 6. The van der Waals surface area contributed by atoms with Gasteiger partial charge in [-0.05, 0) is 56.5 Å². The first-order valence-corrected chi connectivity index (χ1v) is 16.2. The number of carbonyl (C=O) groups excluding carboxylic acids is 6. The van der Waals surface area contributed by atoms with Gasteiger partial charge in [-0.3, -0.25) is 24.0 Å². The van der Waals surface area contributed by atoms with Crippen molar-refractivity contribution in [3.63, 3.8) is 0 Å². The van der Waals surface area contributed by atoms with Gasteiger partial charge < -0.3 is 70.2 Å². The lowest BCUT2D eigenvalue weighted by molar-refractivity contribution is -0.142. The number of hydrogen-bond acceptors (Lipinski definition) is 13. The monoisotopic (exact) mass is 728 g/mol. The summed E-state index contributed by atoms with van der Waals surface area (Å²) in [6.45, 7) is -0.853. The highest BCUT2D eigenvalue weighted by molar-refractivity contribution is 7.80. The van der Waals surface area contributed by atoms with Crippen LogP contribution >= 0.6 is 12.6 Å². The van der Waals surface area contributed by atoms with Crippen LogP contribution in [-0.4, -0.2) is 125 Å². The van der Waals surface area contributed by atoms with E-state index < -0.39 is 84.4 Å². The largest absolute Gasteiger partial charge is 0.508 e. The molecule has 1 rings (SSSR count). The van der Waals surface area contributed by atoms with Crippen molar-refractivity contribution in [3.05, 3.63) is 29.8 Å². The number of primary amides is 1.